The topological polar surface area (TPSA) is 15.3 Å². The molecule has 0 radical (unpaired) electrons. The summed E-state index contributed by atoms with van der Waals surface area (Å²) in [4.78, 5) is 2.73. The van der Waals surface area contributed by atoms with Gasteiger partial charge >= 0.3 is 0 Å². The molecule has 1 atom stereocenters. The van der Waals surface area contributed by atoms with Gasteiger partial charge in [0.1, 0.15) is 0 Å². The van der Waals surface area contributed by atoms with Crippen LogP contribution in [0, 0.1) is 5.92 Å². The molecule has 1 unspecified atom stereocenters. The van der Waals surface area contributed by atoms with Crippen LogP contribution in [0.4, 0.5) is 0 Å². The van der Waals surface area contributed by atoms with E-state index in [0.29, 0.717) is 0 Å². The molecule has 0 aromatic rings. The lowest BCUT2D eigenvalue weighted by Gasteiger charge is -2.36. The van der Waals surface area contributed by atoms with Crippen molar-refractivity contribution in [2.75, 3.05) is 26.2 Å². The lowest BCUT2D eigenvalue weighted by molar-refractivity contribution is 0.142. The van der Waals surface area contributed by atoms with E-state index in [9.17, 15) is 0 Å². The van der Waals surface area contributed by atoms with E-state index in [1.807, 2.05) is 6.08 Å². The first kappa shape index (κ1) is 16.7. The predicted molar refractivity (Wildman–Crippen MR) is 85.6 cm³/mol. The number of allylic oxidation sites excluding steroid dienone is 1. The maximum Gasteiger partial charge on any atom is 0.0220 e. The summed E-state index contributed by atoms with van der Waals surface area (Å²) in [7, 11) is 0. The van der Waals surface area contributed by atoms with Gasteiger partial charge in [-0.25, -0.2) is 0 Å². The quantitative estimate of drug-likeness (QED) is 0.477. The number of nitrogens with one attached hydrogen (secondary N) is 1. The maximum absolute atomic E-state index is 3.79. The summed E-state index contributed by atoms with van der Waals surface area (Å²) in [6, 6.07) is 0.784. The van der Waals surface area contributed by atoms with Crippen LogP contribution in [0.1, 0.15) is 58.8 Å². The highest BCUT2D eigenvalue weighted by Gasteiger charge is 2.21. The van der Waals surface area contributed by atoms with E-state index in [1.54, 1.807) is 0 Å². The Labute approximate surface area is 120 Å². The Bertz CT molecular complexity index is 225. The van der Waals surface area contributed by atoms with Crippen molar-refractivity contribution in [3.8, 4) is 0 Å². The minimum atomic E-state index is 0.760. The van der Waals surface area contributed by atoms with Crippen LogP contribution in [0.2, 0.25) is 0 Å². The molecule has 0 aromatic heterocycles. The van der Waals surface area contributed by atoms with Crippen LogP contribution in [0.15, 0.2) is 12.7 Å². The van der Waals surface area contributed by atoms with Crippen LogP contribution in [-0.2, 0) is 0 Å². The average Bonchev–Trinajstić information content (AvgIpc) is 2.40. The third-order valence-corrected chi connectivity index (χ3v) is 4.04. The second-order valence-electron chi connectivity index (χ2n) is 6.38. The molecule has 0 aliphatic carbocycles. The zero-order chi connectivity index (χ0) is 13.9. The van der Waals surface area contributed by atoms with Crippen molar-refractivity contribution < 1.29 is 0 Å². The van der Waals surface area contributed by atoms with Crippen LogP contribution in [-0.4, -0.2) is 37.1 Å². The average molecular weight is 266 g/mol. The molecule has 1 aliphatic heterocycles. The highest BCUT2D eigenvalue weighted by molar-refractivity contribution is 4.79. The summed E-state index contributed by atoms with van der Waals surface area (Å²) < 4.78 is 0. The number of hydrogen-bond acceptors (Lipinski definition) is 2. The number of piperidine rings is 1. The molecule has 0 saturated carbocycles. The summed E-state index contributed by atoms with van der Waals surface area (Å²) in [6.07, 6.45) is 11.4. The molecule has 1 N–H and O–H groups in total. The fourth-order valence-electron chi connectivity index (χ4n) is 2.90. The van der Waals surface area contributed by atoms with Crippen molar-refractivity contribution in [1.82, 2.24) is 10.2 Å². The Morgan fingerprint density at radius 2 is 2.11 bits per heavy atom. The van der Waals surface area contributed by atoms with E-state index in [4.69, 9.17) is 0 Å². The normalized spacial score (nSPS) is 20.9. The first-order valence-electron chi connectivity index (χ1n) is 8.29. The van der Waals surface area contributed by atoms with Gasteiger partial charge < -0.3 is 5.32 Å². The van der Waals surface area contributed by atoms with Gasteiger partial charge in [0, 0.05) is 12.6 Å². The third-order valence-electron chi connectivity index (χ3n) is 4.04. The van der Waals surface area contributed by atoms with Crippen LogP contribution >= 0.6 is 0 Å². The van der Waals surface area contributed by atoms with Crippen molar-refractivity contribution in [2.24, 2.45) is 5.92 Å². The Kier molecular flexibility index (Phi) is 9.19. The van der Waals surface area contributed by atoms with Crippen LogP contribution < -0.4 is 5.32 Å². The summed E-state index contributed by atoms with van der Waals surface area (Å²) in [5.41, 5.74) is 0. The van der Waals surface area contributed by atoms with E-state index in [0.717, 1.165) is 18.5 Å². The highest BCUT2D eigenvalue weighted by atomic mass is 15.2. The van der Waals surface area contributed by atoms with Crippen molar-refractivity contribution in [1.29, 1.82) is 0 Å². The monoisotopic (exact) mass is 266 g/mol. The van der Waals surface area contributed by atoms with E-state index < -0.39 is 0 Å². The largest absolute Gasteiger partial charge is 0.315 e. The van der Waals surface area contributed by atoms with Crippen molar-refractivity contribution in [3.63, 3.8) is 0 Å². The van der Waals surface area contributed by atoms with Crippen molar-refractivity contribution >= 4 is 0 Å². The van der Waals surface area contributed by atoms with Gasteiger partial charge in [0.05, 0.1) is 0 Å². The van der Waals surface area contributed by atoms with Gasteiger partial charge in [0.2, 0.25) is 0 Å². The SMILES string of the molecule is C=CCCCCCN1CCCCC1CNCC(C)C. The van der Waals surface area contributed by atoms with E-state index in [-0.39, 0.29) is 0 Å². The molecule has 112 valence electrons. The summed E-state index contributed by atoms with van der Waals surface area (Å²) in [5, 5.41) is 3.64. The number of likely N-dealkylation sites (tertiary alicyclic amines) is 1. The third kappa shape index (κ3) is 7.74. The molecule has 1 rings (SSSR count). The van der Waals surface area contributed by atoms with Gasteiger partial charge in [-0.2, -0.15) is 0 Å². The minimum absolute atomic E-state index is 0.760. The first-order chi connectivity index (χ1) is 9.24. The highest BCUT2D eigenvalue weighted by Crippen LogP contribution is 2.17. The number of rotatable bonds is 10. The Balaban J connectivity index is 2.17. The molecule has 2 heteroatoms. The molecule has 0 aromatic carbocycles. The predicted octanol–water partition coefficient (Wildman–Crippen LogP) is 3.83. The van der Waals surface area contributed by atoms with Crippen LogP contribution in [0.5, 0.6) is 0 Å². The van der Waals surface area contributed by atoms with E-state index in [1.165, 1.54) is 64.6 Å². The van der Waals surface area contributed by atoms with Gasteiger partial charge in [-0.05, 0) is 57.7 Å². The Hall–Kier alpha value is -0.340. The molecule has 0 bridgehead atoms. The van der Waals surface area contributed by atoms with Gasteiger partial charge in [-0.3, -0.25) is 4.90 Å². The molecule has 1 saturated heterocycles. The summed E-state index contributed by atoms with van der Waals surface area (Å²) in [5.74, 6) is 0.760. The number of hydrogen-bond donors (Lipinski definition) is 1. The molecule has 1 fully saturated rings. The zero-order valence-corrected chi connectivity index (χ0v) is 13.2. The second kappa shape index (κ2) is 10.4. The standard InChI is InChI=1S/C17H34N2/c1-4-5-6-7-9-12-19-13-10-8-11-17(19)15-18-14-16(2)3/h4,16-18H,1,5-15H2,2-3H3. The molecule has 1 aliphatic rings. The molecular weight excluding hydrogens is 232 g/mol. The van der Waals surface area contributed by atoms with Crippen LogP contribution in [0.25, 0.3) is 0 Å². The summed E-state index contributed by atoms with van der Waals surface area (Å²) >= 11 is 0. The molecule has 2 nitrogen and oxygen atoms in total. The Morgan fingerprint density at radius 1 is 1.26 bits per heavy atom. The smallest absolute Gasteiger partial charge is 0.0220 e. The van der Waals surface area contributed by atoms with E-state index >= 15 is 0 Å². The number of nitrogens with zero attached hydrogens (tertiary/aromatic N) is 1. The van der Waals surface area contributed by atoms with Gasteiger partial charge in [-0.15, -0.1) is 6.58 Å². The maximum atomic E-state index is 3.79. The minimum Gasteiger partial charge on any atom is -0.315 e. The molecular formula is C17H34N2. The number of unbranched alkanes of at least 4 members (excludes halogenated alkanes) is 3. The zero-order valence-electron chi connectivity index (χ0n) is 13.2. The fourth-order valence-corrected chi connectivity index (χ4v) is 2.90. The van der Waals surface area contributed by atoms with Crippen molar-refractivity contribution in [2.45, 2.75) is 64.8 Å². The second-order valence-corrected chi connectivity index (χ2v) is 6.38. The Morgan fingerprint density at radius 3 is 2.84 bits per heavy atom. The molecule has 1 heterocycles. The van der Waals surface area contributed by atoms with Crippen molar-refractivity contribution in [3.05, 3.63) is 12.7 Å². The lowest BCUT2D eigenvalue weighted by atomic mass is 10.0. The molecule has 0 amide bonds. The van der Waals surface area contributed by atoms with Crippen LogP contribution in [0.3, 0.4) is 0 Å². The first-order valence-corrected chi connectivity index (χ1v) is 8.29. The molecule has 0 spiro atoms. The summed E-state index contributed by atoms with van der Waals surface area (Å²) in [6.45, 7) is 13.3. The fraction of sp³-hybridized carbons (Fsp3) is 0.882. The van der Waals surface area contributed by atoms with Gasteiger partial charge in [0.25, 0.3) is 0 Å². The molecule has 19 heavy (non-hydrogen) atoms. The van der Waals surface area contributed by atoms with Gasteiger partial charge in [0.15, 0.2) is 0 Å². The van der Waals surface area contributed by atoms with E-state index in [2.05, 4.69) is 30.6 Å². The van der Waals surface area contributed by atoms with Gasteiger partial charge in [-0.1, -0.05) is 32.8 Å². The lowest BCUT2D eigenvalue weighted by Crippen LogP contribution is -2.46.